The molecule has 106 valence electrons. The minimum atomic E-state index is -0.279. The van der Waals surface area contributed by atoms with Gasteiger partial charge in [0.25, 0.3) is 5.91 Å². The van der Waals surface area contributed by atoms with Crippen LogP contribution in [0.15, 0.2) is 12.1 Å². The van der Waals surface area contributed by atoms with E-state index in [1.165, 1.54) is 5.56 Å². The van der Waals surface area contributed by atoms with E-state index in [-0.39, 0.29) is 11.7 Å². The Morgan fingerprint density at radius 3 is 2.50 bits per heavy atom. The molecule has 0 aliphatic carbocycles. The van der Waals surface area contributed by atoms with Gasteiger partial charge in [-0.25, -0.2) is 4.98 Å². The number of rotatable bonds is 4. The van der Waals surface area contributed by atoms with Gasteiger partial charge < -0.3 is 5.32 Å². The summed E-state index contributed by atoms with van der Waals surface area (Å²) in [6.45, 7) is 8.06. The van der Waals surface area contributed by atoms with Crippen LogP contribution in [0.3, 0.4) is 0 Å². The average molecular weight is 272 g/mol. The maximum absolute atomic E-state index is 12.2. The molecule has 20 heavy (non-hydrogen) atoms. The Morgan fingerprint density at radius 2 is 1.90 bits per heavy atom. The molecule has 1 aromatic heterocycles. The van der Waals surface area contributed by atoms with Crippen molar-refractivity contribution in [2.24, 2.45) is 0 Å². The number of carbonyl (C=O) groups excluding carboxylic acids is 1. The smallest absolute Gasteiger partial charge is 0.295 e. The molecule has 1 heterocycles. The molecule has 0 atom stereocenters. The maximum Gasteiger partial charge on any atom is 0.295 e. The number of hydrogen-bond donors (Lipinski definition) is 2. The van der Waals surface area contributed by atoms with Crippen molar-refractivity contribution in [2.75, 3.05) is 5.32 Å². The molecule has 5 nitrogen and oxygen atoms in total. The molecule has 0 aliphatic heterocycles. The van der Waals surface area contributed by atoms with Gasteiger partial charge in [-0.15, -0.1) is 5.10 Å². The Morgan fingerprint density at radius 1 is 1.25 bits per heavy atom. The number of nitrogens with zero attached hydrogens (tertiary/aromatic N) is 2. The lowest BCUT2D eigenvalue weighted by Crippen LogP contribution is -2.15. The number of nitrogens with one attached hydrogen (secondary N) is 2. The van der Waals surface area contributed by atoms with Gasteiger partial charge in [0.05, 0.1) is 0 Å². The van der Waals surface area contributed by atoms with Crippen LogP contribution >= 0.6 is 0 Å². The fraction of sp³-hybridized carbons (Fsp3) is 0.400. The van der Waals surface area contributed by atoms with Crippen LogP contribution in [0.2, 0.25) is 0 Å². The molecule has 1 amide bonds. The van der Waals surface area contributed by atoms with E-state index in [1.54, 1.807) is 0 Å². The fourth-order valence-electron chi connectivity index (χ4n) is 2.29. The van der Waals surface area contributed by atoms with Gasteiger partial charge in [-0.1, -0.05) is 24.6 Å². The normalized spacial score (nSPS) is 10.6. The van der Waals surface area contributed by atoms with E-state index < -0.39 is 0 Å². The first-order valence-electron chi connectivity index (χ1n) is 6.81. The number of aromatic nitrogens is 3. The first kappa shape index (κ1) is 14.2. The quantitative estimate of drug-likeness (QED) is 0.899. The van der Waals surface area contributed by atoms with Gasteiger partial charge in [-0.3, -0.25) is 9.89 Å². The van der Waals surface area contributed by atoms with Crippen molar-refractivity contribution in [3.8, 4) is 0 Å². The van der Waals surface area contributed by atoms with Gasteiger partial charge in [-0.2, -0.15) is 0 Å². The van der Waals surface area contributed by atoms with E-state index >= 15 is 0 Å². The summed E-state index contributed by atoms with van der Waals surface area (Å²) in [4.78, 5) is 16.4. The van der Waals surface area contributed by atoms with Crippen LogP contribution in [0.4, 0.5) is 5.69 Å². The van der Waals surface area contributed by atoms with Crippen LogP contribution in [0.1, 0.15) is 46.5 Å². The van der Waals surface area contributed by atoms with Crippen LogP contribution in [0.5, 0.6) is 0 Å². The molecule has 0 aliphatic rings. The van der Waals surface area contributed by atoms with Crippen molar-refractivity contribution in [3.63, 3.8) is 0 Å². The van der Waals surface area contributed by atoms with Crippen LogP contribution in [-0.2, 0) is 6.42 Å². The monoisotopic (exact) mass is 272 g/mol. The minimum absolute atomic E-state index is 0.188. The molecule has 2 aromatic rings. The Balaban J connectivity index is 2.19. The maximum atomic E-state index is 12.2. The molecule has 0 fully saturated rings. The molecule has 0 bridgehead atoms. The number of aromatic amines is 1. The molecule has 5 heteroatoms. The van der Waals surface area contributed by atoms with E-state index in [0.717, 1.165) is 35.5 Å². The predicted octanol–water partition coefficient (Wildman–Crippen LogP) is 2.93. The van der Waals surface area contributed by atoms with Gasteiger partial charge in [0.15, 0.2) is 0 Å². The summed E-state index contributed by atoms with van der Waals surface area (Å²) in [5.74, 6) is 0.654. The highest BCUT2D eigenvalue weighted by molar-refractivity contribution is 6.02. The molecular weight excluding hydrogens is 252 g/mol. The Bertz CT molecular complexity index is 608. The second-order valence-electron chi connectivity index (χ2n) is 5.08. The van der Waals surface area contributed by atoms with Crippen molar-refractivity contribution in [1.29, 1.82) is 0 Å². The molecule has 0 radical (unpaired) electrons. The number of H-pyrrole nitrogens is 1. The van der Waals surface area contributed by atoms with Crippen LogP contribution in [0, 0.1) is 20.8 Å². The average Bonchev–Trinajstić information content (AvgIpc) is 2.82. The van der Waals surface area contributed by atoms with E-state index in [2.05, 4.69) is 27.4 Å². The zero-order valence-electron chi connectivity index (χ0n) is 12.4. The van der Waals surface area contributed by atoms with Crippen molar-refractivity contribution < 1.29 is 4.79 Å². The third-order valence-corrected chi connectivity index (χ3v) is 3.14. The molecule has 1 aromatic carbocycles. The van der Waals surface area contributed by atoms with Crippen LogP contribution in [0.25, 0.3) is 0 Å². The number of carbonyl (C=O) groups is 1. The molecule has 0 saturated carbocycles. The fourth-order valence-corrected chi connectivity index (χ4v) is 2.29. The summed E-state index contributed by atoms with van der Waals surface area (Å²) in [6, 6.07) is 4.09. The Kier molecular flexibility index (Phi) is 4.17. The lowest BCUT2D eigenvalue weighted by atomic mass is 10.1. The third-order valence-electron chi connectivity index (χ3n) is 3.14. The highest BCUT2D eigenvalue weighted by atomic mass is 16.2. The second-order valence-corrected chi connectivity index (χ2v) is 5.08. The van der Waals surface area contributed by atoms with E-state index in [9.17, 15) is 4.79 Å². The van der Waals surface area contributed by atoms with Crippen molar-refractivity contribution >= 4 is 11.6 Å². The molecule has 2 rings (SSSR count). The van der Waals surface area contributed by atoms with Gasteiger partial charge in [0.1, 0.15) is 5.82 Å². The van der Waals surface area contributed by atoms with Gasteiger partial charge in [-0.05, 0) is 38.3 Å². The minimum Gasteiger partial charge on any atom is -0.319 e. The number of benzene rings is 1. The van der Waals surface area contributed by atoms with E-state index in [1.807, 2.05) is 32.9 Å². The summed E-state index contributed by atoms with van der Waals surface area (Å²) in [7, 11) is 0. The Hall–Kier alpha value is -2.17. The van der Waals surface area contributed by atoms with Crippen LogP contribution in [-0.4, -0.2) is 21.1 Å². The Labute approximate surface area is 118 Å². The lowest BCUT2D eigenvalue weighted by molar-refractivity contribution is 0.101. The second kappa shape index (κ2) is 5.86. The lowest BCUT2D eigenvalue weighted by Gasteiger charge is -2.11. The number of amides is 1. The summed E-state index contributed by atoms with van der Waals surface area (Å²) >= 11 is 0. The molecule has 0 saturated heterocycles. The molecule has 0 spiro atoms. The van der Waals surface area contributed by atoms with Crippen molar-refractivity contribution in [3.05, 3.63) is 40.5 Å². The third kappa shape index (κ3) is 3.04. The number of hydrogen-bond acceptors (Lipinski definition) is 3. The number of aryl methyl sites for hydroxylation is 4. The summed E-state index contributed by atoms with van der Waals surface area (Å²) in [5.41, 5.74) is 4.10. The van der Waals surface area contributed by atoms with Crippen LogP contribution < -0.4 is 5.32 Å². The first-order chi connectivity index (χ1) is 9.51. The molecule has 2 N–H and O–H groups in total. The summed E-state index contributed by atoms with van der Waals surface area (Å²) in [5, 5.41) is 9.64. The SMILES string of the molecule is CCCc1nc(C(=O)Nc2c(C)cc(C)cc2C)n[nH]1. The van der Waals surface area contributed by atoms with Gasteiger partial charge in [0.2, 0.25) is 5.82 Å². The van der Waals surface area contributed by atoms with Crippen molar-refractivity contribution in [1.82, 2.24) is 15.2 Å². The summed E-state index contributed by atoms with van der Waals surface area (Å²) in [6.07, 6.45) is 1.76. The zero-order valence-corrected chi connectivity index (χ0v) is 12.4. The highest BCUT2D eigenvalue weighted by Crippen LogP contribution is 2.22. The summed E-state index contributed by atoms with van der Waals surface area (Å²) < 4.78 is 0. The van der Waals surface area contributed by atoms with E-state index in [4.69, 9.17) is 0 Å². The molecule has 0 unspecified atom stereocenters. The van der Waals surface area contributed by atoms with E-state index in [0.29, 0.717) is 0 Å². The van der Waals surface area contributed by atoms with Crippen molar-refractivity contribution in [2.45, 2.75) is 40.5 Å². The highest BCUT2D eigenvalue weighted by Gasteiger charge is 2.14. The van der Waals surface area contributed by atoms with Gasteiger partial charge >= 0.3 is 0 Å². The predicted molar refractivity (Wildman–Crippen MR) is 79.0 cm³/mol. The molecular formula is C15H20N4O. The largest absolute Gasteiger partial charge is 0.319 e. The topological polar surface area (TPSA) is 70.7 Å². The zero-order chi connectivity index (χ0) is 14.7. The first-order valence-corrected chi connectivity index (χ1v) is 6.81. The van der Waals surface area contributed by atoms with Gasteiger partial charge in [0, 0.05) is 12.1 Å². The standard InChI is InChI=1S/C15H20N4O/c1-5-6-12-16-14(19-18-12)15(20)17-13-10(3)7-9(2)8-11(13)4/h7-8H,5-6H2,1-4H3,(H,17,20)(H,16,18,19). The number of anilines is 1.